The van der Waals surface area contributed by atoms with Gasteiger partial charge in [0.15, 0.2) is 0 Å². The summed E-state index contributed by atoms with van der Waals surface area (Å²) in [4.78, 5) is 23.9. The Labute approximate surface area is 127 Å². The van der Waals surface area contributed by atoms with Crippen molar-refractivity contribution >= 4 is 11.8 Å². The molecule has 0 heterocycles. The van der Waals surface area contributed by atoms with Gasteiger partial charge in [-0.1, -0.05) is 31.5 Å². The molecule has 0 aliphatic heterocycles. The maximum atomic E-state index is 12.1. The fourth-order valence-corrected chi connectivity index (χ4v) is 1.76. The number of carbonyl (C=O) groups is 2. The lowest BCUT2D eigenvalue weighted by atomic mass is 10.0. The quantitative estimate of drug-likeness (QED) is 0.876. The highest BCUT2D eigenvalue weighted by Gasteiger charge is 2.31. The van der Waals surface area contributed by atoms with Crippen LogP contribution in [0.15, 0.2) is 24.3 Å². The van der Waals surface area contributed by atoms with Crippen molar-refractivity contribution in [1.82, 2.24) is 10.6 Å². The topological polar surface area (TPSA) is 58.2 Å². The number of carbonyl (C=O) groups excluding carboxylic acids is 2. The maximum absolute atomic E-state index is 12.1. The molecule has 7 heteroatoms. The van der Waals surface area contributed by atoms with Gasteiger partial charge in [-0.25, -0.2) is 0 Å². The summed E-state index contributed by atoms with van der Waals surface area (Å²) in [7, 11) is 0. The van der Waals surface area contributed by atoms with Gasteiger partial charge in [0.1, 0.15) is 12.6 Å². The molecule has 0 radical (unpaired) electrons. The van der Waals surface area contributed by atoms with Crippen molar-refractivity contribution in [2.24, 2.45) is 5.92 Å². The Bertz CT molecular complexity index is 525. The molecular weight excluding hydrogens is 297 g/mol. The second-order valence-electron chi connectivity index (χ2n) is 5.39. The normalized spacial score (nSPS) is 12.9. The van der Waals surface area contributed by atoms with E-state index in [1.54, 1.807) is 43.4 Å². The van der Waals surface area contributed by atoms with Crippen molar-refractivity contribution in [2.45, 2.75) is 33.0 Å². The Morgan fingerprint density at radius 1 is 1.14 bits per heavy atom. The van der Waals surface area contributed by atoms with E-state index in [0.717, 1.165) is 5.56 Å². The first-order valence-electron chi connectivity index (χ1n) is 6.82. The highest BCUT2D eigenvalue weighted by atomic mass is 19.4. The van der Waals surface area contributed by atoms with E-state index in [-0.39, 0.29) is 5.92 Å². The molecule has 0 spiro atoms. The van der Waals surface area contributed by atoms with E-state index in [4.69, 9.17) is 0 Å². The number of hydrogen-bond donors (Lipinski definition) is 2. The van der Waals surface area contributed by atoms with Crippen molar-refractivity contribution < 1.29 is 22.8 Å². The van der Waals surface area contributed by atoms with Gasteiger partial charge in [0.2, 0.25) is 5.91 Å². The molecular formula is C15H19F3N2O2. The van der Waals surface area contributed by atoms with E-state index in [9.17, 15) is 22.8 Å². The maximum Gasteiger partial charge on any atom is 0.405 e. The number of hydrogen-bond acceptors (Lipinski definition) is 2. The van der Waals surface area contributed by atoms with Gasteiger partial charge in [0.25, 0.3) is 5.91 Å². The van der Waals surface area contributed by atoms with Crippen LogP contribution in [0.4, 0.5) is 13.2 Å². The summed E-state index contributed by atoms with van der Waals surface area (Å²) in [5.74, 6) is -1.70. The Balaban J connectivity index is 2.73. The van der Waals surface area contributed by atoms with Crippen LogP contribution in [0.2, 0.25) is 0 Å². The van der Waals surface area contributed by atoms with Crippen LogP contribution >= 0.6 is 0 Å². The zero-order valence-electron chi connectivity index (χ0n) is 12.6. The fraction of sp³-hybridized carbons (Fsp3) is 0.467. The highest BCUT2D eigenvalue weighted by molar-refractivity contribution is 5.97. The number of rotatable bonds is 5. The van der Waals surface area contributed by atoms with Gasteiger partial charge in [0.05, 0.1) is 0 Å². The lowest BCUT2D eigenvalue weighted by Crippen LogP contribution is -2.51. The molecule has 0 aliphatic rings. The van der Waals surface area contributed by atoms with Crippen LogP contribution in [0.1, 0.15) is 29.8 Å². The van der Waals surface area contributed by atoms with E-state index >= 15 is 0 Å². The standard InChI is InChI=1S/C15H19F3N2O2/c1-9(2)12(14(22)19-8-15(16,17)18)20-13(21)11-6-4-10(3)5-7-11/h4-7,9,12H,8H2,1-3H3,(H,19,22)(H,20,21)/t12-/m0/s1. The van der Waals surface area contributed by atoms with Crippen LogP contribution < -0.4 is 10.6 Å². The summed E-state index contributed by atoms with van der Waals surface area (Å²) < 4.78 is 36.4. The van der Waals surface area contributed by atoms with Crippen LogP contribution in [-0.2, 0) is 4.79 Å². The molecule has 4 nitrogen and oxygen atoms in total. The van der Waals surface area contributed by atoms with Crippen LogP contribution in [-0.4, -0.2) is 30.6 Å². The predicted molar refractivity (Wildman–Crippen MR) is 76.3 cm³/mol. The van der Waals surface area contributed by atoms with Crippen LogP contribution in [0.3, 0.4) is 0 Å². The number of nitrogens with one attached hydrogen (secondary N) is 2. The lowest BCUT2D eigenvalue weighted by Gasteiger charge is -2.22. The molecule has 22 heavy (non-hydrogen) atoms. The summed E-state index contributed by atoms with van der Waals surface area (Å²) in [6.07, 6.45) is -4.49. The zero-order valence-corrected chi connectivity index (χ0v) is 12.6. The molecule has 2 N–H and O–H groups in total. The van der Waals surface area contributed by atoms with E-state index in [1.165, 1.54) is 0 Å². The monoisotopic (exact) mass is 316 g/mol. The molecule has 122 valence electrons. The molecule has 1 rings (SSSR count). The van der Waals surface area contributed by atoms with E-state index < -0.39 is 30.6 Å². The first-order chi connectivity index (χ1) is 10.1. The molecule has 2 amide bonds. The lowest BCUT2D eigenvalue weighted by molar-refractivity contribution is -0.140. The molecule has 0 saturated heterocycles. The summed E-state index contributed by atoms with van der Waals surface area (Å²) in [5.41, 5.74) is 1.32. The molecule has 0 unspecified atom stereocenters. The molecule has 0 bridgehead atoms. The van der Waals surface area contributed by atoms with Crippen molar-refractivity contribution in [2.75, 3.05) is 6.54 Å². The third-order valence-corrected chi connectivity index (χ3v) is 3.01. The SMILES string of the molecule is Cc1ccc(C(=O)N[C@H](C(=O)NCC(F)(F)F)C(C)C)cc1. The number of halogens is 3. The molecule has 0 fully saturated rings. The molecule has 0 aromatic heterocycles. The largest absolute Gasteiger partial charge is 0.405 e. The van der Waals surface area contributed by atoms with E-state index in [0.29, 0.717) is 5.56 Å². The van der Waals surface area contributed by atoms with Crippen molar-refractivity contribution in [3.63, 3.8) is 0 Å². The average Bonchev–Trinajstić information content (AvgIpc) is 2.41. The summed E-state index contributed by atoms with van der Waals surface area (Å²) in [6.45, 7) is 3.74. The van der Waals surface area contributed by atoms with Crippen molar-refractivity contribution in [3.8, 4) is 0 Å². The van der Waals surface area contributed by atoms with Gasteiger partial charge in [0, 0.05) is 5.56 Å². The van der Waals surface area contributed by atoms with Gasteiger partial charge in [-0.05, 0) is 25.0 Å². The fourth-order valence-electron chi connectivity index (χ4n) is 1.76. The van der Waals surface area contributed by atoms with Crippen LogP contribution in [0.5, 0.6) is 0 Å². The third kappa shape index (κ3) is 5.75. The number of amides is 2. The Kier molecular flexibility index (Phi) is 5.96. The molecule has 1 aromatic carbocycles. The minimum Gasteiger partial charge on any atom is -0.345 e. The first kappa shape index (κ1) is 18.0. The number of aryl methyl sites for hydroxylation is 1. The van der Waals surface area contributed by atoms with Gasteiger partial charge in [-0.2, -0.15) is 13.2 Å². The summed E-state index contributed by atoms with van der Waals surface area (Å²) >= 11 is 0. The van der Waals surface area contributed by atoms with E-state index in [1.807, 2.05) is 6.92 Å². The molecule has 1 atom stereocenters. The van der Waals surface area contributed by atoms with Crippen LogP contribution in [0.25, 0.3) is 0 Å². The number of benzene rings is 1. The molecule has 0 aliphatic carbocycles. The average molecular weight is 316 g/mol. The highest BCUT2D eigenvalue weighted by Crippen LogP contribution is 2.13. The van der Waals surface area contributed by atoms with E-state index in [2.05, 4.69) is 5.32 Å². The molecule has 0 saturated carbocycles. The van der Waals surface area contributed by atoms with Crippen LogP contribution in [0, 0.1) is 12.8 Å². The second kappa shape index (κ2) is 7.29. The smallest absolute Gasteiger partial charge is 0.345 e. The third-order valence-electron chi connectivity index (χ3n) is 3.01. The van der Waals surface area contributed by atoms with Crippen molar-refractivity contribution in [3.05, 3.63) is 35.4 Å². The van der Waals surface area contributed by atoms with Gasteiger partial charge in [-0.3, -0.25) is 9.59 Å². The Morgan fingerprint density at radius 3 is 2.14 bits per heavy atom. The minimum atomic E-state index is -4.49. The minimum absolute atomic E-state index is 0.345. The number of alkyl halides is 3. The van der Waals surface area contributed by atoms with Crippen molar-refractivity contribution in [1.29, 1.82) is 0 Å². The van der Waals surface area contributed by atoms with Gasteiger partial charge < -0.3 is 10.6 Å². The Hall–Kier alpha value is -2.05. The van der Waals surface area contributed by atoms with Gasteiger partial charge in [-0.15, -0.1) is 0 Å². The summed E-state index contributed by atoms with van der Waals surface area (Å²) in [6, 6.07) is 5.63. The zero-order chi connectivity index (χ0) is 16.9. The second-order valence-corrected chi connectivity index (χ2v) is 5.39. The van der Waals surface area contributed by atoms with Gasteiger partial charge >= 0.3 is 6.18 Å². The molecule has 1 aromatic rings. The Morgan fingerprint density at radius 2 is 1.68 bits per heavy atom. The predicted octanol–water partition coefficient (Wildman–Crippen LogP) is 2.43. The first-order valence-corrected chi connectivity index (χ1v) is 6.82. The summed E-state index contributed by atoms with van der Waals surface area (Å²) in [5, 5.41) is 4.26.